The third kappa shape index (κ3) is 3.76. The zero-order valence-corrected chi connectivity index (χ0v) is 11.1. The van der Waals surface area contributed by atoms with Crippen molar-refractivity contribution in [3.05, 3.63) is 42.1 Å². The molecule has 0 radical (unpaired) electrons. The fourth-order valence-electron chi connectivity index (χ4n) is 1.96. The molecule has 4 nitrogen and oxygen atoms in total. The van der Waals surface area contributed by atoms with Gasteiger partial charge in [0.1, 0.15) is 0 Å². The lowest BCUT2D eigenvalue weighted by Crippen LogP contribution is -2.19. The molecule has 0 aliphatic carbocycles. The molecule has 4 heteroatoms. The maximum absolute atomic E-state index is 11.2. The second-order valence-corrected chi connectivity index (χ2v) is 4.22. The molecule has 0 saturated carbocycles. The van der Waals surface area contributed by atoms with E-state index in [1.807, 2.05) is 37.4 Å². The molecule has 1 heterocycles. The first-order valence-corrected chi connectivity index (χ1v) is 6.50. The first kappa shape index (κ1) is 13.5. The zero-order valence-electron chi connectivity index (χ0n) is 11.1. The molecular formula is C15H18N2O2. The average molecular weight is 258 g/mol. The van der Waals surface area contributed by atoms with Crippen LogP contribution in [0.1, 0.15) is 18.9 Å². The largest absolute Gasteiger partial charge is 0.466 e. The van der Waals surface area contributed by atoms with Crippen LogP contribution in [0.3, 0.4) is 0 Å². The molecule has 100 valence electrons. The van der Waals surface area contributed by atoms with E-state index in [0.29, 0.717) is 19.6 Å². The number of fused-ring (bicyclic) bond motifs is 1. The molecule has 0 fully saturated rings. The van der Waals surface area contributed by atoms with Gasteiger partial charge < -0.3 is 10.1 Å². The van der Waals surface area contributed by atoms with Crippen molar-refractivity contribution in [3.63, 3.8) is 0 Å². The summed E-state index contributed by atoms with van der Waals surface area (Å²) in [4.78, 5) is 15.5. The molecule has 0 spiro atoms. The summed E-state index contributed by atoms with van der Waals surface area (Å²) < 4.78 is 4.88. The molecule has 1 N–H and O–H groups in total. The van der Waals surface area contributed by atoms with Crippen molar-refractivity contribution >= 4 is 16.9 Å². The van der Waals surface area contributed by atoms with E-state index < -0.39 is 0 Å². The molecule has 2 rings (SSSR count). The van der Waals surface area contributed by atoms with E-state index >= 15 is 0 Å². The van der Waals surface area contributed by atoms with Crippen LogP contribution < -0.4 is 5.32 Å². The normalized spacial score (nSPS) is 10.6. The van der Waals surface area contributed by atoms with Crippen molar-refractivity contribution in [1.29, 1.82) is 0 Å². The Morgan fingerprint density at radius 1 is 1.32 bits per heavy atom. The van der Waals surface area contributed by atoms with Crippen LogP contribution in [0.15, 0.2) is 36.5 Å². The minimum atomic E-state index is -0.158. The summed E-state index contributed by atoms with van der Waals surface area (Å²) in [5.74, 6) is -0.158. The third-order valence-electron chi connectivity index (χ3n) is 2.87. The Labute approximate surface area is 112 Å². The van der Waals surface area contributed by atoms with Gasteiger partial charge in [-0.05, 0) is 24.6 Å². The zero-order chi connectivity index (χ0) is 13.5. The molecule has 1 aromatic heterocycles. The van der Waals surface area contributed by atoms with Gasteiger partial charge in [-0.3, -0.25) is 9.78 Å². The minimum Gasteiger partial charge on any atom is -0.466 e. The van der Waals surface area contributed by atoms with Crippen LogP contribution in [0.5, 0.6) is 0 Å². The number of nitrogens with one attached hydrogen (secondary N) is 1. The number of ether oxygens (including phenoxy) is 1. The number of carbonyl (C=O) groups is 1. The smallest absolute Gasteiger partial charge is 0.307 e. The number of carbonyl (C=O) groups excluding carboxylic acids is 1. The quantitative estimate of drug-likeness (QED) is 0.638. The lowest BCUT2D eigenvalue weighted by atomic mass is 10.1. The maximum atomic E-state index is 11.2. The Balaban J connectivity index is 1.90. The molecular weight excluding hydrogens is 240 g/mol. The van der Waals surface area contributed by atoms with Crippen molar-refractivity contribution in [2.24, 2.45) is 0 Å². The van der Waals surface area contributed by atoms with Crippen molar-refractivity contribution in [1.82, 2.24) is 10.3 Å². The van der Waals surface area contributed by atoms with E-state index in [-0.39, 0.29) is 5.97 Å². The highest BCUT2D eigenvalue weighted by molar-refractivity contribution is 5.81. The number of benzene rings is 1. The molecule has 0 amide bonds. The first-order valence-electron chi connectivity index (χ1n) is 6.50. The maximum Gasteiger partial charge on any atom is 0.307 e. The number of esters is 1. The van der Waals surface area contributed by atoms with Crippen molar-refractivity contribution in [2.75, 3.05) is 13.2 Å². The second kappa shape index (κ2) is 6.85. The summed E-state index contributed by atoms with van der Waals surface area (Å²) in [7, 11) is 0. The number of hydrogen-bond acceptors (Lipinski definition) is 4. The summed E-state index contributed by atoms with van der Waals surface area (Å²) >= 11 is 0. The van der Waals surface area contributed by atoms with Gasteiger partial charge in [-0.25, -0.2) is 0 Å². The predicted molar refractivity (Wildman–Crippen MR) is 74.7 cm³/mol. The number of para-hydroxylation sites is 1. The van der Waals surface area contributed by atoms with Gasteiger partial charge in [0.2, 0.25) is 0 Å². The van der Waals surface area contributed by atoms with Crippen LogP contribution >= 0.6 is 0 Å². The number of nitrogens with zero attached hydrogens (tertiary/aromatic N) is 1. The molecule has 0 bridgehead atoms. The molecule has 0 saturated heterocycles. The fraction of sp³-hybridized carbons (Fsp3) is 0.333. The Hall–Kier alpha value is -1.94. The monoisotopic (exact) mass is 258 g/mol. The highest BCUT2D eigenvalue weighted by Crippen LogP contribution is 2.15. The Morgan fingerprint density at radius 3 is 3.00 bits per heavy atom. The van der Waals surface area contributed by atoms with E-state index in [2.05, 4.69) is 16.4 Å². The van der Waals surface area contributed by atoms with Gasteiger partial charge in [0, 0.05) is 24.7 Å². The van der Waals surface area contributed by atoms with Gasteiger partial charge >= 0.3 is 5.97 Å². The Kier molecular flexibility index (Phi) is 4.86. The van der Waals surface area contributed by atoms with E-state index in [0.717, 1.165) is 17.4 Å². The minimum absolute atomic E-state index is 0.158. The molecule has 19 heavy (non-hydrogen) atoms. The summed E-state index contributed by atoms with van der Waals surface area (Å²) in [6.07, 6.45) is 2.21. The van der Waals surface area contributed by atoms with Gasteiger partial charge in [0.25, 0.3) is 0 Å². The van der Waals surface area contributed by atoms with Crippen LogP contribution in [-0.4, -0.2) is 24.1 Å². The van der Waals surface area contributed by atoms with Crippen LogP contribution in [0.4, 0.5) is 0 Å². The highest BCUT2D eigenvalue weighted by atomic mass is 16.5. The van der Waals surface area contributed by atoms with Crippen LogP contribution in [0, 0.1) is 0 Å². The molecule has 0 atom stereocenters. The summed E-state index contributed by atoms with van der Waals surface area (Å²) in [5.41, 5.74) is 2.18. The van der Waals surface area contributed by atoms with E-state index in [1.54, 1.807) is 0 Å². The lowest BCUT2D eigenvalue weighted by molar-refractivity contribution is -0.142. The molecule has 0 unspecified atom stereocenters. The van der Waals surface area contributed by atoms with E-state index in [4.69, 9.17) is 4.74 Å². The highest BCUT2D eigenvalue weighted by Gasteiger charge is 2.03. The first-order chi connectivity index (χ1) is 9.31. The van der Waals surface area contributed by atoms with Crippen molar-refractivity contribution < 1.29 is 9.53 Å². The van der Waals surface area contributed by atoms with Gasteiger partial charge in [0.15, 0.2) is 0 Å². The topological polar surface area (TPSA) is 51.2 Å². The number of hydrogen-bond donors (Lipinski definition) is 1. The predicted octanol–water partition coefficient (Wildman–Crippen LogP) is 2.28. The summed E-state index contributed by atoms with van der Waals surface area (Å²) in [6, 6.07) is 10.0. The molecule has 1 aromatic carbocycles. The van der Waals surface area contributed by atoms with Crippen LogP contribution in [-0.2, 0) is 16.1 Å². The van der Waals surface area contributed by atoms with Crippen LogP contribution in [0.2, 0.25) is 0 Å². The Morgan fingerprint density at radius 2 is 2.16 bits per heavy atom. The van der Waals surface area contributed by atoms with E-state index in [1.165, 1.54) is 5.56 Å². The van der Waals surface area contributed by atoms with Crippen molar-refractivity contribution in [2.45, 2.75) is 19.9 Å². The van der Waals surface area contributed by atoms with Crippen LogP contribution in [0.25, 0.3) is 10.9 Å². The SMILES string of the molecule is CCOC(=O)CCNCc1ccnc2ccccc12. The summed E-state index contributed by atoms with van der Waals surface area (Å²) in [5, 5.41) is 4.40. The number of aromatic nitrogens is 1. The summed E-state index contributed by atoms with van der Waals surface area (Å²) in [6.45, 7) is 3.60. The van der Waals surface area contributed by atoms with Gasteiger partial charge in [0.05, 0.1) is 18.5 Å². The van der Waals surface area contributed by atoms with E-state index in [9.17, 15) is 4.79 Å². The Bertz CT molecular complexity index is 549. The molecule has 0 aliphatic rings. The fourth-order valence-corrected chi connectivity index (χ4v) is 1.96. The van der Waals surface area contributed by atoms with Gasteiger partial charge in [-0.15, -0.1) is 0 Å². The number of rotatable bonds is 6. The number of pyridine rings is 1. The van der Waals surface area contributed by atoms with Gasteiger partial charge in [-0.2, -0.15) is 0 Å². The standard InChI is InChI=1S/C15H18N2O2/c1-2-19-15(18)8-9-16-11-12-7-10-17-14-6-4-3-5-13(12)14/h3-7,10,16H,2,8-9,11H2,1H3. The lowest BCUT2D eigenvalue weighted by Gasteiger charge is -2.07. The molecule has 0 aliphatic heterocycles. The average Bonchev–Trinajstić information content (AvgIpc) is 2.44. The van der Waals surface area contributed by atoms with Crippen molar-refractivity contribution in [3.8, 4) is 0 Å². The molecule has 2 aromatic rings. The van der Waals surface area contributed by atoms with Gasteiger partial charge in [-0.1, -0.05) is 18.2 Å². The second-order valence-electron chi connectivity index (χ2n) is 4.22. The third-order valence-corrected chi connectivity index (χ3v) is 2.87.